The first-order valence-corrected chi connectivity index (χ1v) is 10.9. The van der Waals surface area contributed by atoms with Crippen LogP contribution in [0.3, 0.4) is 0 Å². The SMILES string of the molecule is COCC(=O)N1CCCCN2[C@H](CO)[C@H](c3ccc(C#Cc4cccnc4)cc3)[C@@H]2C1. The highest BCUT2D eigenvalue weighted by molar-refractivity contribution is 5.77. The van der Waals surface area contributed by atoms with Gasteiger partial charge in [-0.25, -0.2) is 0 Å². The number of rotatable bonds is 4. The van der Waals surface area contributed by atoms with Crippen molar-refractivity contribution < 1.29 is 14.6 Å². The lowest BCUT2D eigenvalue weighted by Crippen LogP contribution is -2.68. The number of aliphatic hydroxyl groups excluding tert-OH is 1. The molecule has 3 atom stereocenters. The Morgan fingerprint density at radius 2 is 1.94 bits per heavy atom. The molecule has 6 heteroatoms. The van der Waals surface area contributed by atoms with E-state index < -0.39 is 0 Å². The van der Waals surface area contributed by atoms with E-state index in [-0.39, 0.29) is 37.1 Å². The molecule has 0 unspecified atom stereocenters. The molecule has 0 aliphatic carbocycles. The number of hydrogen-bond acceptors (Lipinski definition) is 5. The van der Waals surface area contributed by atoms with Gasteiger partial charge < -0.3 is 14.7 Å². The molecule has 0 radical (unpaired) electrons. The molecule has 1 N–H and O–H groups in total. The number of carbonyl (C=O) groups excluding carboxylic acids is 1. The lowest BCUT2D eigenvalue weighted by atomic mass is 9.74. The van der Waals surface area contributed by atoms with Crippen LogP contribution in [0.1, 0.15) is 35.4 Å². The molecular weight excluding hydrogens is 390 g/mol. The first-order chi connectivity index (χ1) is 15.2. The van der Waals surface area contributed by atoms with Crippen molar-refractivity contribution in [2.45, 2.75) is 30.8 Å². The minimum atomic E-state index is 0.0385. The number of aromatic nitrogens is 1. The second-order valence-electron chi connectivity index (χ2n) is 8.17. The molecule has 2 aliphatic rings. The molecule has 6 nitrogen and oxygen atoms in total. The van der Waals surface area contributed by atoms with Crippen molar-refractivity contribution in [2.75, 3.05) is 40.0 Å². The van der Waals surface area contributed by atoms with Crippen LogP contribution in [0.15, 0.2) is 48.8 Å². The van der Waals surface area contributed by atoms with Gasteiger partial charge in [0.05, 0.1) is 6.61 Å². The largest absolute Gasteiger partial charge is 0.395 e. The van der Waals surface area contributed by atoms with Crippen LogP contribution in [0, 0.1) is 11.8 Å². The fourth-order valence-electron chi connectivity index (χ4n) is 4.75. The van der Waals surface area contributed by atoms with Crippen LogP contribution in [0.4, 0.5) is 0 Å². The summed E-state index contributed by atoms with van der Waals surface area (Å²) in [6, 6.07) is 12.4. The monoisotopic (exact) mass is 419 g/mol. The summed E-state index contributed by atoms with van der Waals surface area (Å²) in [5.41, 5.74) is 3.02. The Bertz CT molecular complexity index is 936. The number of methoxy groups -OCH3 is 1. The zero-order valence-electron chi connectivity index (χ0n) is 17.9. The van der Waals surface area contributed by atoms with E-state index in [9.17, 15) is 9.90 Å². The maximum atomic E-state index is 12.5. The van der Waals surface area contributed by atoms with Crippen LogP contribution in [-0.4, -0.2) is 77.8 Å². The maximum absolute atomic E-state index is 12.5. The van der Waals surface area contributed by atoms with Crippen LogP contribution in [0.25, 0.3) is 0 Å². The van der Waals surface area contributed by atoms with Gasteiger partial charge in [-0.15, -0.1) is 0 Å². The predicted molar refractivity (Wildman–Crippen MR) is 118 cm³/mol. The Balaban J connectivity index is 1.51. The summed E-state index contributed by atoms with van der Waals surface area (Å²) in [5, 5.41) is 10.1. The van der Waals surface area contributed by atoms with Crippen LogP contribution >= 0.6 is 0 Å². The summed E-state index contributed by atoms with van der Waals surface area (Å²) in [6.45, 7) is 2.64. The Hall–Kier alpha value is -2.72. The lowest BCUT2D eigenvalue weighted by Gasteiger charge is -2.57. The van der Waals surface area contributed by atoms with Gasteiger partial charge in [0, 0.05) is 61.7 Å². The van der Waals surface area contributed by atoms with E-state index in [1.807, 2.05) is 29.2 Å². The van der Waals surface area contributed by atoms with Crippen LogP contribution in [0.2, 0.25) is 0 Å². The van der Waals surface area contributed by atoms with Gasteiger partial charge in [-0.1, -0.05) is 24.0 Å². The average Bonchev–Trinajstić information content (AvgIpc) is 2.78. The molecule has 1 amide bonds. The van der Waals surface area contributed by atoms with Gasteiger partial charge in [0.25, 0.3) is 0 Å². The van der Waals surface area contributed by atoms with Gasteiger partial charge in [0.1, 0.15) is 6.61 Å². The summed E-state index contributed by atoms with van der Waals surface area (Å²) < 4.78 is 5.07. The number of nitrogens with zero attached hydrogens (tertiary/aromatic N) is 3. The second kappa shape index (κ2) is 10.1. The van der Waals surface area contributed by atoms with Crippen molar-refractivity contribution in [1.29, 1.82) is 0 Å². The number of benzene rings is 1. The van der Waals surface area contributed by atoms with E-state index in [0.29, 0.717) is 6.54 Å². The summed E-state index contributed by atoms with van der Waals surface area (Å²) in [6.07, 6.45) is 5.49. The summed E-state index contributed by atoms with van der Waals surface area (Å²) in [5.74, 6) is 6.55. The molecule has 2 aliphatic heterocycles. The minimum Gasteiger partial charge on any atom is -0.395 e. The number of carbonyl (C=O) groups is 1. The average molecular weight is 420 g/mol. The van der Waals surface area contributed by atoms with E-state index in [2.05, 4.69) is 33.9 Å². The van der Waals surface area contributed by atoms with Crippen molar-refractivity contribution >= 4 is 5.91 Å². The van der Waals surface area contributed by atoms with Crippen molar-refractivity contribution in [2.24, 2.45) is 0 Å². The van der Waals surface area contributed by atoms with Crippen LogP contribution in [-0.2, 0) is 9.53 Å². The topological polar surface area (TPSA) is 65.9 Å². The summed E-state index contributed by atoms with van der Waals surface area (Å²) in [4.78, 5) is 20.9. The highest BCUT2D eigenvalue weighted by atomic mass is 16.5. The highest BCUT2D eigenvalue weighted by Gasteiger charge is 2.49. The number of amides is 1. The van der Waals surface area contributed by atoms with Gasteiger partial charge in [-0.2, -0.15) is 0 Å². The molecular formula is C25H29N3O3. The van der Waals surface area contributed by atoms with Gasteiger partial charge >= 0.3 is 0 Å². The highest BCUT2D eigenvalue weighted by Crippen LogP contribution is 2.41. The van der Waals surface area contributed by atoms with E-state index in [4.69, 9.17) is 4.74 Å². The third-order valence-electron chi connectivity index (χ3n) is 6.30. The zero-order valence-corrected chi connectivity index (χ0v) is 17.9. The minimum absolute atomic E-state index is 0.0385. The Kier molecular flexibility index (Phi) is 6.98. The predicted octanol–water partition coefficient (Wildman–Crippen LogP) is 1.88. The van der Waals surface area contributed by atoms with Crippen molar-refractivity contribution in [3.05, 3.63) is 65.5 Å². The normalized spacial score (nSPS) is 23.5. The van der Waals surface area contributed by atoms with E-state index >= 15 is 0 Å². The number of ether oxygens (including phenoxy) is 1. The summed E-state index contributed by atoms with van der Waals surface area (Å²) >= 11 is 0. The Labute approximate surface area is 183 Å². The molecule has 2 fully saturated rings. The first kappa shape index (κ1) is 21.5. The Morgan fingerprint density at radius 3 is 2.65 bits per heavy atom. The molecule has 0 spiro atoms. The van der Waals surface area contributed by atoms with Gasteiger partial charge in [-0.05, 0) is 49.2 Å². The van der Waals surface area contributed by atoms with Crippen molar-refractivity contribution in [3.8, 4) is 11.8 Å². The molecule has 3 heterocycles. The smallest absolute Gasteiger partial charge is 0.248 e. The number of hydrogen-bond donors (Lipinski definition) is 1. The molecule has 0 saturated carbocycles. The third-order valence-corrected chi connectivity index (χ3v) is 6.30. The first-order valence-electron chi connectivity index (χ1n) is 10.9. The van der Waals surface area contributed by atoms with E-state index in [0.717, 1.165) is 37.1 Å². The molecule has 1 aromatic heterocycles. The zero-order chi connectivity index (χ0) is 21.6. The van der Waals surface area contributed by atoms with Crippen LogP contribution in [0.5, 0.6) is 0 Å². The lowest BCUT2D eigenvalue weighted by molar-refractivity contribution is -0.140. The molecule has 0 bridgehead atoms. The standard InChI is InChI=1S/C25H29N3O3/c1-31-18-24(30)27-13-2-3-14-28-22(16-27)25(23(28)17-29)21-10-8-19(9-11-21)6-7-20-5-4-12-26-15-20/h4-5,8-12,15,22-23,25,29H,2-3,13-14,16-18H2,1H3/t22-,23+,25+/m0/s1. The van der Waals surface area contributed by atoms with E-state index in [1.165, 1.54) is 5.56 Å². The number of aliphatic hydroxyl groups is 1. The molecule has 31 heavy (non-hydrogen) atoms. The third kappa shape index (κ3) is 4.80. The molecule has 1 aromatic carbocycles. The van der Waals surface area contributed by atoms with Crippen LogP contribution < -0.4 is 0 Å². The molecule has 2 aromatic rings. The molecule has 2 saturated heterocycles. The van der Waals surface area contributed by atoms with Crippen molar-refractivity contribution in [3.63, 3.8) is 0 Å². The van der Waals surface area contributed by atoms with Gasteiger partial charge in [-0.3, -0.25) is 14.7 Å². The fourth-order valence-corrected chi connectivity index (χ4v) is 4.75. The summed E-state index contributed by atoms with van der Waals surface area (Å²) in [7, 11) is 1.56. The number of fused-ring (bicyclic) bond motifs is 1. The fraction of sp³-hybridized carbons (Fsp3) is 0.440. The van der Waals surface area contributed by atoms with Gasteiger partial charge in [0.15, 0.2) is 0 Å². The van der Waals surface area contributed by atoms with E-state index in [1.54, 1.807) is 19.5 Å². The number of pyridine rings is 1. The molecule has 162 valence electrons. The maximum Gasteiger partial charge on any atom is 0.248 e. The molecule has 4 rings (SSSR count). The second-order valence-corrected chi connectivity index (χ2v) is 8.17. The quantitative estimate of drug-likeness (QED) is 0.767. The van der Waals surface area contributed by atoms with Crippen molar-refractivity contribution in [1.82, 2.24) is 14.8 Å². The Morgan fingerprint density at radius 1 is 1.16 bits per heavy atom. The van der Waals surface area contributed by atoms with Gasteiger partial charge in [0.2, 0.25) is 5.91 Å².